The summed E-state index contributed by atoms with van der Waals surface area (Å²) in [5.74, 6) is 0.667. The molecule has 0 saturated heterocycles. The van der Waals surface area contributed by atoms with E-state index in [0.717, 1.165) is 17.0 Å². The van der Waals surface area contributed by atoms with Crippen LogP contribution in [0.4, 0.5) is 5.69 Å². The standard InChI is InChI=1S/C16H24N4S/c1-11-5-3-4-6-15(11)18-16(21)20-19-12(2)13-7-9-14(17)10-8-13/h7-11,15H,3-6,17H2,1-2H3,(H2,18,20,21)/b19-12-/t11-,15+/m0/s1. The summed E-state index contributed by atoms with van der Waals surface area (Å²) >= 11 is 5.33. The maximum Gasteiger partial charge on any atom is 0.187 e. The molecule has 1 aliphatic rings. The monoisotopic (exact) mass is 304 g/mol. The molecule has 0 aliphatic heterocycles. The first-order valence-corrected chi connectivity index (χ1v) is 7.94. The Morgan fingerprint density at radius 2 is 1.90 bits per heavy atom. The van der Waals surface area contributed by atoms with Gasteiger partial charge in [0.25, 0.3) is 0 Å². The second-order valence-corrected chi connectivity index (χ2v) is 6.18. The number of nitrogens with one attached hydrogen (secondary N) is 2. The molecular weight excluding hydrogens is 280 g/mol. The summed E-state index contributed by atoms with van der Waals surface area (Å²) in [6.45, 7) is 4.23. The van der Waals surface area contributed by atoms with E-state index in [9.17, 15) is 0 Å². The predicted molar refractivity (Wildman–Crippen MR) is 93.4 cm³/mol. The van der Waals surface area contributed by atoms with E-state index < -0.39 is 0 Å². The zero-order valence-electron chi connectivity index (χ0n) is 12.7. The van der Waals surface area contributed by atoms with Gasteiger partial charge in [-0.1, -0.05) is 31.9 Å². The molecular formula is C16H24N4S. The SMILES string of the molecule is C/C(=N/NC(=S)N[C@@H]1CCCC[C@@H]1C)c1ccc(N)cc1. The van der Waals surface area contributed by atoms with Crippen LogP contribution in [-0.2, 0) is 0 Å². The van der Waals surface area contributed by atoms with Gasteiger partial charge in [0, 0.05) is 11.7 Å². The van der Waals surface area contributed by atoms with Crippen LogP contribution in [0.2, 0.25) is 0 Å². The van der Waals surface area contributed by atoms with E-state index >= 15 is 0 Å². The molecule has 1 aliphatic carbocycles. The molecule has 2 atom stereocenters. The number of anilines is 1. The van der Waals surface area contributed by atoms with E-state index in [4.69, 9.17) is 18.0 Å². The summed E-state index contributed by atoms with van der Waals surface area (Å²) in [6, 6.07) is 8.11. The molecule has 21 heavy (non-hydrogen) atoms. The van der Waals surface area contributed by atoms with Gasteiger partial charge in [-0.25, -0.2) is 0 Å². The topological polar surface area (TPSA) is 62.4 Å². The minimum Gasteiger partial charge on any atom is -0.399 e. The summed E-state index contributed by atoms with van der Waals surface area (Å²) in [6.07, 6.45) is 5.06. The van der Waals surface area contributed by atoms with Crippen molar-refractivity contribution in [2.24, 2.45) is 11.0 Å². The molecule has 1 fully saturated rings. The summed E-state index contributed by atoms with van der Waals surface area (Å²) in [5.41, 5.74) is 11.3. The molecule has 114 valence electrons. The molecule has 1 saturated carbocycles. The minimum absolute atomic E-state index is 0.464. The Balaban J connectivity index is 1.87. The third-order valence-electron chi connectivity index (χ3n) is 4.08. The van der Waals surface area contributed by atoms with Crippen LogP contribution < -0.4 is 16.5 Å². The van der Waals surface area contributed by atoms with Gasteiger partial charge in [-0.15, -0.1) is 0 Å². The van der Waals surface area contributed by atoms with Gasteiger partial charge < -0.3 is 11.1 Å². The highest BCUT2D eigenvalue weighted by Crippen LogP contribution is 2.23. The second kappa shape index (κ2) is 7.41. The Morgan fingerprint density at radius 3 is 2.57 bits per heavy atom. The number of nitrogens with zero attached hydrogens (tertiary/aromatic N) is 1. The molecule has 4 N–H and O–H groups in total. The van der Waals surface area contributed by atoms with E-state index in [2.05, 4.69) is 22.8 Å². The van der Waals surface area contributed by atoms with Crippen molar-refractivity contribution >= 4 is 28.7 Å². The molecule has 0 bridgehead atoms. The lowest BCUT2D eigenvalue weighted by molar-refractivity contribution is 0.308. The van der Waals surface area contributed by atoms with Gasteiger partial charge in [-0.05, 0) is 55.6 Å². The maximum atomic E-state index is 5.68. The zero-order chi connectivity index (χ0) is 15.2. The molecule has 5 heteroatoms. The van der Waals surface area contributed by atoms with Gasteiger partial charge in [-0.2, -0.15) is 5.10 Å². The lowest BCUT2D eigenvalue weighted by Crippen LogP contribution is -2.44. The third-order valence-corrected chi connectivity index (χ3v) is 4.29. The van der Waals surface area contributed by atoms with E-state index in [1.54, 1.807) is 0 Å². The number of hydrogen-bond donors (Lipinski definition) is 3. The van der Waals surface area contributed by atoms with Crippen molar-refractivity contribution in [3.63, 3.8) is 0 Å². The smallest absolute Gasteiger partial charge is 0.187 e. The fraction of sp³-hybridized carbons (Fsp3) is 0.500. The first-order valence-electron chi connectivity index (χ1n) is 7.53. The van der Waals surface area contributed by atoms with Gasteiger partial charge in [0.1, 0.15) is 0 Å². The Kier molecular flexibility index (Phi) is 5.56. The largest absolute Gasteiger partial charge is 0.399 e. The number of benzene rings is 1. The van der Waals surface area contributed by atoms with Crippen molar-refractivity contribution in [1.82, 2.24) is 10.7 Å². The highest BCUT2D eigenvalue weighted by atomic mass is 32.1. The molecule has 0 aromatic heterocycles. The van der Waals surface area contributed by atoms with Crippen LogP contribution in [0, 0.1) is 5.92 Å². The van der Waals surface area contributed by atoms with Gasteiger partial charge in [0.05, 0.1) is 5.71 Å². The zero-order valence-corrected chi connectivity index (χ0v) is 13.5. The molecule has 0 heterocycles. The predicted octanol–water partition coefficient (Wildman–Crippen LogP) is 3.04. The minimum atomic E-state index is 0.464. The highest BCUT2D eigenvalue weighted by molar-refractivity contribution is 7.80. The number of nitrogens with two attached hydrogens (primary N) is 1. The van der Waals surface area contributed by atoms with Crippen molar-refractivity contribution in [2.45, 2.75) is 45.6 Å². The van der Waals surface area contributed by atoms with Crippen LogP contribution in [0.15, 0.2) is 29.4 Å². The van der Waals surface area contributed by atoms with Crippen LogP contribution >= 0.6 is 12.2 Å². The first kappa shape index (κ1) is 15.8. The fourth-order valence-electron chi connectivity index (χ4n) is 2.65. The van der Waals surface area contributed by atoms with Crippen LogP contribution in [0.1, 0.15) is 45.1 Å². The normalized spacial score (nSPS) is 22.7. The molecule has 0 radical (unpaired) electrons. The van der Waals surface area contributed by atoms with E-state index in [0.29, 0.717) is 17.1 Å². The third kappa shape index (κ3) is 4.70. The maximum absolute atomic E-state index is 5.68. The average Bonchev–Trinajstić information content (AvgIpc) is 2.48. The number of rotatable bonds is 3. The summed E-state index contributed by atoms with van der Waals surface area (Å²) in [5, 5.41) is 8.31. The van der Waals surface area contributed by atoms with Crippen molar-refractivity contribution < 1.29 is 0 Å². The van der Waals surface area contributed by atoms with Crippen LogP contribution in [0.25, 0.3) is 0 Å². The van der Waals surface area contributed by atoms with Gasteiger partial charge >= 0.3 is 0 Å². The Bertz CT molecular complexity index is 510. The van der Waals surface area contributed by atoms with Crippen molar-refractivity contribution in [2.75, 3.05) is 5.73 Å². The first-order chi connectivity index (χ1) is 10.1. The molecule has 0 unspecified atom stereocenters. The summed E-state index contributed by atoms with van der Waals surface area (Å²) < 4.78 is 0. The lowest BCUT2D eigenvalue weighted by Gasteiger charge is -2.30. The van der Waals surface area contributed by atoms with Gasteiger partial charge in [0.2, 0.25) is 0 Å². The lowest BCUT2D eigenvalue weighted by atomic mass is 9.86. The average molecular weight is 304 g/mol. The molecule has 0 amide bonds. The van der Waals surface area contributed by atoms with Crippen molar-refractivity contribution in [1.29, 1.82) is 0 Å². The number of hydrazone groups is 1. The van der Waals surface area contributed by atoms with Crippen molar-refractivity contribution in [3.8, 4) is 0 Å². The van der Waals surface area contributed by atoms with E-state index in [-0.39, 0.29) is 0 Å². The Morgan fingerprint density at radius 1 is 1.24 bits per heavy atom. The second-order valence-electron chi connectivity index (χ2n) is 5.77. The van der Waals surface area contributed by atoms with Gasteiger partial charge in [-0.3, -0.25) is 5.43 Å². The quantitative estimate of drug-likeness (QED) is 0.348. The fourth-order valence-corrected chi connectivity index (χ4v) is 2.85. The Labute approximate surface area is 132 Å². The van der Waals surface area contributed by atoms with E-state index in [1.165, 1.54) is 25.7 Å². The molecule has 1 aromatic carbocycles. The van der Waals surface area contributed by atoms with Crippen LogP contribution in [-0.4, -0.2) is 16.9 Å². The summed E-state index contributed by atoms with van der Waals surface area (Å²) in [7, 11) is 0. The number of thiocarbonyl (C=S) groups is 1. The highest BCUT2D eigenvalue weighted by Gasteiger charge is 2.21. The van der Waals surface area contributed by atoms with Crippen LogP contribution in [0.5, 0.6) is 0 Å². The van der Waals surface area contributed by atoms with Gasteiger partial charge in [0.15, 0.2) is 5.11 Å². The molecule has 4 nitrogen and oxygen atoms in total. The summed E-state index contributed by atoms with van der Waals surface area (Å²) in [4.78, 5) is 0. The molecule has 0 spiro atoms. The molecule has 2 rings (SSSR count). The van der Waals surface area contributed by atoms with E-state index in [1.807, 2.05) is 31.2 Å². The Hall–Kier alpha value is -1.62. The number of nitrogen functional groups attached to an aromatic ring is 1. The van der Waals surface area contributed by atoms with Crippen LogP contribution in [0.3, 0.4) is 0 Å². The van der Waals surface area contributed by atoms with Crippen molar-refractivity contribution in [3.05, 3.63) is 29.8 Å². The number of hydrogen-bond acceptors (Lipinski definition) is 3. The molecule has 1 aromatic rings.